The largest absolute Gasteiger partial charge is 0.333 e. The van der Waals surface area contributed by atoms with Crippen molar-refractivity contribution in [2.45, 2.75) is 182 Å². The highest BCUT2D eigenvalue weighted by atomic mass is 32.1. The van der Waals surface area contributed by atoms with Gasteiger partial charge in [-0.25, -0.2) is 0 Å². The van der Waals surface area contributed by atoms with Gasteiger partial charge in [0.15, 0.2) is 0 Å². The molecule has 0 amide bonds. The van der Waals surface area contributed by atoms with E-state index in [1.165, 1.54) is 137 Å². The topological polar surface area (TPSA) is 6.48 Å². The molecule has 76 heavy (non-hydrogen) atoms. The van der Waals surface area contributed by atoms with E-state index < -0.39 is 0 Å². The smallest absolute Gasteiger partial charge is 0.0647 e. The van der Waals surface area contributed by atoms with Crippen molar-refractivity contribution in [3.8, 4) is 22.3 Å². The molecule has 1 aromatic heterocycles. The Bertz CT molecular complexity index is 3560. The van der Waals surface area contributed by atoms with Crippen LogP contribution in [0, 0.1) is 23.7 Å². The zero-order valence-corrected chi connectivity index (χ0v) is 49.7. The summed E-state index contributed by atoms with van der Waals surface area (Å²) in [5.41, 5.74) is 24.9. The molecule has 2 atom stereocenters. The fraction of sp³-hybridized carbons (Fsp3) is 0.425. The van der Waals surface area contributed by atoms with Crippen LogP contribution in [0.3, 0.4) is 0 Å². The Kier molecular flexibility index (Phi) is 11.6. The molecule has 7 aromatic rings. The molecule has 0 radical (unpaired) electrons. The van der Waals surface area contributed by atoms with Crippen molar-refractivity contribution in [3.63, 3.8) is 0 Å². The molecule has 1 fully saturated rings. The average Bonchev–Trinajstić information content (AvgIpc) is 3.95. The highest BCUT2D eigenvalue weighted by Crippen LogP contribution is 2.59. The van der Waals surface area contributed by atoms with Crippen molar-refractivity contribution in [3.05, 3.63) is 183 Å². The molecular formula is C73H84N2S. The van der Waals surface area contributed by atoms with Crippen LogP contribution < -0.4 is 9.80 Å². The van der Waals surface area contributed by atoms with Gasteiger partial charge >= 0.3 is 0 Å². The highest BCUT2D eigenvalue weighted by Gasteiger charge is 2.46. The van der Waals surface area contributed by atoms with Gasteiger partial charge in [-0.2, -0.15) is 0 Å². The van der Waals surface area contributed by atoms with Gasteiger partial charge in [0.1, 0.15) is 0 Å². The fourth-order valence-corrected chi connectivity index (χ4v) is 15.9. The summed E-state index contributed by atoms with van der Waals surface area (Å²) < 4.78 is 1.36. The van der Waals surface area contributed by atoms with Crippen molar-refractivity contribution in [2.75, 3.05) is 9.80 Å². The Hall–Kier alpha value is -5.64. The minimum absolute atomic E-state index is 0.0227. The van der Waals surface area contributed by atoms with E-state index in [1.54, 1.807) is 5.57 Å². The molecule has 1 heterocycles. The normalized spacial score (nSPS) is 22.5. The van der Waals surface area contributed by atoms with Crippen molar-refractivity contribution in [1.29, 1.82) is 0 Å². The Morgan fingerprint density at radius 2 is 0.987 bits per heavy atom. The standard InChI is InChI=1S/C73H84N2S/c1-45-35-48(74(61-28-22-27-54-66(61)50-25-20-21-26-53(50)73(54,15)16)64-44-76-65-43-60-57(40-52(64)65)69(7,8)31-34-72(60,13)14)38-49(36-45)75(62-41-58-55(37-46(62)2)67(3,4)29-32-70(58,9)10)63-42-59-56(68(5,6)30-33-71(59,11)12)39-51(63)47-23-18-17-19-24-47/h17-28,35-44,46,62H,29-34H2,1-16H3/t46-,62?/m1/s1. The summed E-state index contributed by atoms with van der Waals surface area (Å²) >= 11 is 1.91. The third-order valence-electron chi connectivity index (χ3n) is 20.2. The van der Waals surface area contributed by atoms with Gasteiger partial charge < -0.3 is 9.80 Å². The molecule has 0 N–H and O–H groups in total. The minimum atomic E-state index is -0.144. The maximum Gasteiger partial charge on any atom is 0.0647 e. The van der Waals surface area contributed by atoms with Gasteiger partial charge in [-0.1, -0.05) is 183 Å². The minimum Gasteiger partial charge on any atom is -0.333 e. The van der Waals surface area contributed by atoms with Crippen LogP contribution in [0.2, 0.25) is 0 Å². The molecule has 0 aliphatic heterocycles. The first-order chi connectivity index (χ1) is 35.7. The number of fused-ring (bicyclic) bond motifs is 7. The van der Waals surface area contributed by atoms with Gasteiger partial charge in [-0.05, 0) is 194 Å². The van der Waals surface area contributed by atoms with E-state index in [-0.39, 0.29) is 49.9 Å². The summed E-state index contributed by atoms with van der Waals surface area (Å²) in [6.07, 6.45) is 12.5. The summed E-state index contributed by atoms with van der Waals surface area (Å²) in [5.74, 6) is 0.242. The lowest BCUT2D eigenvalue weighted by Crippen LogP contribution is -2.42. The van der Waals surface area contributed by atoms with Crippen LogP contribution in [-0.4, -0.2) is 6.04 Å². The van der Waals surface area contributed by atoms with E-state index in [4.69, 9.17) is 0 Å². The lowest BCUT2D eigenvalue weighted by Gasteiger charge is -2.49. The predicted octanol–water partition coefficient (Wildman–Crippen LogP) is 21.2. The lowest BCUT2D eigenvalue weighted by atomic mass is 9.58. The van der Waals surface area contributed by atoms with Gasteiger partial charge in [0.2, 0.25) is 0 Å². The summed E-state index contributed by atoms with van der Waals surface area (Å²) in [6.45, 7) is 39.5. The van der Waals surface area contributed by atoms with E-state index >= 15 is 0 Å². The van der Waals surface area contributed by atoms with Crippen LogP contribution >= 0.6 is 11.3 Å². The number of aryl methyl sites for hydroxylation is 1. The van der Waals surface area contributed by atoms with Gasteiger partial charge in [-0.3, -0.25) is 0 Å². The second kappa shape index (κ2) is 17.2. The predicted molar refractivity (Wildman–Crippen MR) is 329 cm³/mol. The molecule has 6 aromatic carbocycles. The number of nitrogens with zero attached hydrogens (tertiary/aromatic N) is 2. The summed E-state index contributed by atoms with van der Waals surface area (Å²) in [6, 6.07) is 45.8. The first-order valence-electron chi connectivity index (χ1n) is 28.9. The summed E-state index contributed by atoms with van der Waals surface area (Å²) in [5, 5.41) is 3.82. The van der Waals surface area contributed by atoms with Crippen molar-refractivity contribution < 1.29 is 0 Å². The van der Waals surface area contributed by atoms with Crippen molar-refractivity contribution in [1.82, 2.24) is 0 Å². The lowest BCUT2D eigenvalue weighted by molar-refractivity contribution is 0.253. The SMILES string of the molecule is Cc1cc(N(c2cccc3c2-c2ccccc2C3(C)C)c2csc3cc4c(cc23)C(C)(C)CCC4(C)C)cc(N(c2cc3c(cc2-c2ccccc2)C(C)(C)CCC3(C)C)C2C=C3C(=C[C@H]2C)C(C)(C)CCC3(C)C)c1. The van der Waals surface area contributed by atoms with E-state index in [0.717, 1.165) is 6.42 Å². The first-order valence-corrected chi connectivity index (χ1v) is 29.8. The molecule has 392 valence electrons. The third kappa shape index (κ3) is 7.96. The van der Waals surface area contributed by atoms with Gasteiger partial charge in [-0.15, -0.1) is 11.3 Å². The number of hydrogen-bond donors (Lipinski definition) is 0. The van der Waals surface area contributed by atoms with E-state index in [9.17, 15) is 0 Å². The number of allylic oxidation sites excluding steroid dienone is 2. The van der Waals surface area contributed by atoms with Crippen molar-refractivity contribution >= 4 is 49.9 Å². The fourth-order valence-electron chi connectivity index (χ4n) is 15.0. The van der Waals surface area contributed by atoms with E-state index in [2.05, 4.69) is 253 Å². The molecular weight excluding hydrogens is 937 g/mol. The zero-order valence-electron chi connectivity index (χ0n) is 48.9. The van der Waals surface area contributed by atoms with Gasteiger partial charge in [0, 0.05) is 49.1 Å². The molecule has 2 nitrogen and oxygen atoms in total. The van der Waals surface area contributed by atoms with Crippen LogP contribution in [0.4, 0.5) is 28.4 Å². The molecule has 0 bridgehead atoms. The van der Waals surface area contributed by atoms with Gasteiger partial charge in [0.05, 0.1) is 17.4 Å². The molecule has 1 unspecified atom stereocenters. The van der Waals surface area contributed by atoms with Crippen LogP contribution in [0.1, 0.15) is 181 Å². The number of thiophene rings is 1. The number of anilines is 5. The number of hydrogen-bond acceptors (Lipinski definition) is 3. The van der Waals surface area contributed by atoms with Crippen molar-refractivity contribution in [2.24, 2.45) is 16.7 Å². The van der Waals surface area contributed by atoms with Crippen LogP contribution in [-0.2, 0) is 27.1 Å². The molecule has 12 rings (SSSR count). The maximum absolute atomic E-state index is 2.82. The summed E-state index contributed by atoms with van der Waals surface area (Å²) in [7, 11) is 0. The van der Waals surface area contributed by atoms with Crippen LogP contribution in [0.5, 0.6) is 0 Å². The Morgan fingerprint density at radius 3 is 1.64 bits per heavy atom. The molecule has 0 saturated heterocycles. The highest BCUT2D eigenvalue weighted by molar-refractivity contribution is 7.17. The Morgan fingerprint density at radius 1 is 0.447 bits per heavy atom. The zero-order chi connectivity index (χ0) is 53.9. The molecule has 1 saturated carbocycles. The monoisotopic (exact) mass is 1020 g/mol. The van der Waals surface area contributed by atoms with E-state index in [0.29, 0.717) is 0 Å². The third-order valence-corrected chi connectivity index (χ3v) is 21.2. The Balaban J connectivity index is 1.17. The first kappa shape index (κ1) is 51.1. The van der Waals surface area contributed by atoms with Crippen LogP contribution in [0.25, 0.3) is 32.3 Å². The van der Waals surface area contributed by atoms with Crippen LogP contribution in [0.15, 0.2) is 144 Å². The van der Waals surface area contributed by atoms with E-state index in [1.807, 2.05) is 11.3 Å². The molecule has 5 aliphatic carbocycles. The number of benzene rings is 6. The summed E-state index contributed by atoms with van der Waals surface area (Å²) in [4.78, 5) is 5.50. The maximum atomic E-state index is 2.82. The number of rotatable bonds is 7. The quantitative estimate of drug-likeness (QED) is 0.157. The second-order valence-corrected chi connectivity index (χ2v) is 29.6. The molecule has 0 spiro atoms. The average molecular weight is 1020 g/mol. The molecule has 3 heteroatoms. The molecule has 5 aliphatic rings. The van der Waals surface area contributed by atoms with Gasteiger partial charge in [0.25, 0.3) is 0 Å². The Labute approximate surface area is 461 Å². The second-order valence-electron chi connectivity index (χ2n) is 28.7.